The Morgan fingerprint density at radius 1 is 1.24 bits per heavy atom. The van der Waals surface area contributed by atoms with E-state index in [1.165, 1.54) is 19.3 Å². The zero-order valence-corrected chi connectivity index (χ0v) is 10.9. The van der Waals surface area contributed by atoms with Crippen LogP contribution in [0.4, 0.5) is 0 Å². The molecule has 0 atom stereocenters. The van der Waals surface area contributed by atoms with Crippen LogP contribution in [-0.2, 0) is 0 Å². The third kappa shape index (κ3) is 1.83. The number of imidazole rings is 1. The van der Waals surface area contributed by atoms with Crippen molar-refractivity contribution >= 4 is 34.9 Å². The van der Waals surface area contributed by atoms with Gasteiger partial charge < -0.3 is 9.99 Å². The van der Waals surface area contributed by atoms with E-state index in [9.17, 15) is 0 Å². The lowest BCUT2D eigenvalue weighted by molar-refractivity contribution is 0.483. The summed E-state index contributed by atoms with van der Waals surface area (Å²) >= 11 is 11.6. The van der Waals surface area contributed by atoms with Crippen LogP contribution < -0.4 is 5.01 Å². The van der Waals surface area contributed by atoms with E-state index in [4.69, 9.17) is 23.8 Å². The van der Waals surface area contributed by atoms with Crippen LogP contribution in [0.3, 0.4) is 0 Å². The number of pyridine rings is 1. The van der Waals surface area contributed by atoms with E-state index in [0.717, 1.165) is 24.1 Å². The van der Waals surface area contributed by atoms with Crippen LogP contribution >= 0.6 is 23.8 Å². The highest BCUT2D eigenvalue weighted by atomic mass is 35.5. The Balaban J connectivity index is 2.20. The third-order valence-corrected chi connectivity index (χ3v) is 3.69. The van der Waals surface area contributed by atoms with Crippen LogP contribution in [0.2, 0.25) is 5.02 Å². The summed E-state index contributed by atoms with van der Waals surface area (Å²) in [5.74, 6) is 0. The fourth-order valence-electron chi connectivity index (χ4n) is 2.35. The predicted octanol–water partition coefficient (Wildman–Crippen LogP) is 2.87. The minimum absolute atomic E-state index is 0.639. The minimum Gasteiger partial charge on any atom is -0.328 e. The molecule has 1 aliphatic rings. The molecule has 6 heteroatoms. The predicted molar refractivity (Wildman–Crippen MR) is 71.7 cm³/mol. The number of aromatic amines is 1. The van der Waals surface area contributed by atoms with E-state index in [0.29, 0.717) is 9.79 Å². The monoisotopic (exact) mass is 268 g/mol. The van der Waals surface area contributed by atoms with Gasteiger partial charge in [0.25, 0.3) is 0 Å². The van der Waals surface area contributed by atoms with E-state index >= 15 is 0 Å². The number of aromatic nitrogens is 3. The molecule has 0 amide bonds. The van der Waals surface area contributed by atoms with Crippen LogP contribution in [-0.4, -0.2) is 27.7 Å². The maximum absolute atomic E-state index is 6.22. The average molecular weight is 269 g/mol. The topological polar surface area (TPSA) is 36.9 Å². The first-order valence-electron chi connectivity index (χ1n) is 5.77. The highest BCUT2D eigenvalue weighted by Gasteiger charge is 2.16. The van der Waals surface area contributed by atoms with Crippen LogP contribution in [0.25, 0.3) is 11.0 Å². The van der Waals surface area contributed by atoms with Crippen molar-refractivity contribution < 1.29 is 0 Å². The summed E-state index contributed by atoms with van der Waals surface area (Å²) in [5, 5.41) is 2.90. The molecule has 0 radical (unpaired) electrons. The molecule has 17 heavy (non-hydrogen) atoms. The second kappa shape index (κ2) is 4.31. The molecular formula is C11H13ClN4S. The van der Waals surface area contributed by atoms with Crippen molar-refractivity contribution in [2.75, 3.05) is 18.1 Å². The lowest BCUT2D eigenvalue weighted by Gasteiger charge is -2.30. The molecule has 3 rings (SSSR count). The molecule has 1 N–H and O–H groups in total. The number of piperidine rings is 1. The summed E-state index contributed by atoms with van der Waals surface area (Å²) in [7, 11) is 0. The first kappa shape index (κ1) is 11.0. The SMILES string of the molecule is S=c1[nH]c2cncc(Cl)c2n1N1CCCCC1. The van der Waals surface area contributed by atoms with Crippen molar-refractivity contribution in [1.82, 2.24) is 14.6 Å². The summed E-state index contributed by atoms with van der Waals surface area (Å²) in [4.78, 5) is 7.22. The van der Waals surface area contributed by atoms with Crippen LogP contribution in [0.15, 0.2) is 12.4 Å². The molecule has 2 aromatic rings. The lowest BCUT2D eigenvalue weighted by atomic mass is 10.2. The Kier molecular flexibility index (Phi) is 2.80. The zero-order valence-electron chi connectivity index (χ0n) is 9.32. The second-order valence-electron chi connectivity index (χ2n) is 4.27. The molecule has 4 nitrogen and oxygen atoms in total. The van der Waals surface area contributed by atoms with Crippen molar-refractivity contribution in [3.8, 4) is 0 Å². The first-order valence-corrected chi connectivity index (χ1v) is 6.55. The van der Waals surface area contributed by atoms with E-state index in [1.54, 1.807) is 12.4 Å². The fraction of sp³-hybridized carbons (Fsp3) is 0.455. The van der Waals surface area contributed by atoms with Gasteiger partial charge in [0.05, 0.1) is 16.7 Å². The quantitative estimate of drug-likeness (QED) is 0.808. The Morgan fingerprint density at radius 2 is 2.00 bits per heavy atom. The Hall–Kier alpha value is -1.07. The number of nitrogens with zero attached hydrogens (tertiary/aromatic N) is 3. The van der Waals surface area contributed by atoms with Gasteiger partial charge in [-0.25, -0.2) is 4.68 Å². The molecule has 1 fully saturated rings. The molecule has 0 aliphatic carbocycles. The number of hydrogen-bond acceptors (Lipinski definition) is 3. The van der Waals surface area contributed by atoms with Crippen molar-refractivity contribution in [2.24, 2.45) is 0 Å². The number of halogens is 1. The average Bonchev–Trinajstić information content (AvgIpc) is 2.68. The first-order chi connectivity index (χ1) is 8.27. The van der Waals surface area contributed by atoms with E-state index in [-0.39, 0.29) is 0 Å². The molecular weight excluding hydrogens is 256 g/mol. The number of rotatable bonds is 1. The van der Waals surface area contributed by atoms with Crippen LogP contribution in [0, 0.1) is 4.77 Å². The normalized spacial score (nSPS) is 16.6. The highest BCUT2D eigenvalue weighted by molar-refractivity contribution is 7.71. The molecule has 0 unspecified atom stereocenters. The molecule has 0 aromatic carbocycles. The molecule has 90 valence electrons. The van der Waals surface area contributed by atoms with Crippen molar-refractivity contribution in [1.29, 1.82) is 0 Å². The van der Waals surface area contributed by atoms with Gasteiger partial charge in [-0.3, -0.25) is 4.98 Å². The van der Waals surface area contributed by atoms with E-state index in [1.807, 2.05) is 4.68 Å². The molecule has 2 aromatic heterocycles. The number of H-pyrrole nitrogens is 1. The maximum Gasteiger partial charge on any atom is 0.197 e. The van der Waals surface area contributed by atoms with Crippen molar-refractivity contribution in [3.05, 3.63) is 22.2 Å². The molecule has 0 spiro atoms. The summed E-state index contributed by atoms with van der Waals surface area (Å²) < 4.78 is 2.71. The standard InChI is InChI=1S/C11H13ClN4S/c12-8-6-13-7-9-10(8)16(11(17)14-9)15-4-2-1-3-5-15/h6-7H,1-5H2,(H,14,17). The molecule has 3 heterocycles. The minimum atomic E-state index is 0.639. The zero-order chi connectivity index (χ0) is 11.8. The smallest absolute Gasteiger partial charge is 0.197 e. The summed E-state index contributed by atoms with van der Waals surface area (Å²) in [6, 6.07) is 0. The van der Waals surface area contributed by atoms with Gasteiger partial charge in [-0.2, -0.15) is 0 Å². The number of nitrogens with one attached hydrogen (secondary N) is 1. The summed E-state index contributed by atoms with van der Waals surface area (Å²) in [6.07, 6.45) is 7.13. The summed E-state index contributed by atoms with van der Waals surface area (Å²) in [6.45, 7) is 2.06. The van der Waals surface area contributed by atoms with Gasteiger partial charge >= 0.3 is 0 Å². The van der Waals surface area contributed by atoms with Gasteiger partial charge in [0, 0.05) is 19.3 Å². The fourth-order valence-corrected chi connectivity index (χ4v) is 2.91. The number of hydrogen-bond donors (Lipinski definition) is 1. The number of fused-ring (bicyclic) bond motifs is 1. The van der Waals surface area contributed by atoms with E-state index < -0.39 is 0 Å². The molecule has 1 aliphatic heterocycles. The molecule has 0 saturated carbocycles. The maximum atomic E-state index is 6.22. The van der Waals surface area contributed by atoms with Crippen molar-refractivity contribution in [2.45, 2.75) is 19.3 Å². The third-order valence-electron chi connectivity index (χ3n) is 3.13. The summed E-state index contributed by atoms with van der Waals surface area (Å²) in [5.41, 5.74) is 1.83. The molecule has 0 bridgehead atoms. The van der Waals surface area contributed by atoms with E-state index in [2.05, 4.69) is 15.0 Å². The Labute approximate surface area is 109 Å². The highest BCUT2D eigenvalue weighted by Crippen LogP contribution is 2.23. The Bertz CT molecular complexity index is 597. The lowest BCUT2D eigenvalue weighted by Crippen LogP contribution is -2.39. The van der Waals surface area contributed by atoms with Gasteiger partial charge in [-0.05, 0) is 31.5 Å². The van der Waals surface area contributed by atoms with Gasteiger partial charge in [0.2, 0.25) is 0 Å². The van der Waals surface area contributed by atoms with Gasteiger partial charge in [-0.1, -0.05) is 11.6 Å². The van der Waals surface area contributed by atoms with Crippen LogP contribution in [0.5, 0.6) is 0 Å². The van der Waals surface area contributed by atoms with Crippen molar-refractivity contribution in [3.63, 3.8) is 0 Å². The van der Waals surface area contributed by atoms with Crippen LogP contribution in [0.1, 0.15) is 19.3 Å². The molecule has 1 saturated heterocycles. The van der Waals surface area contributed by atoms with Gasteiger partial charge in [0.1, 0.15) is 5.52 Å². The second-order valence-corrected chi connectivity index (χ2v) is 5.07. The largest absolute Gasteiger partial charge is 0.328 e. The Morgan fingerprint density at radius 3 is 2.76 bits per heavy atom. The van der Waals surface area contributed by atoms with Gasteiger partial charge in [0.15, 0.2) is 4.77 Å². The van der Waals surface area contributed by atoms with Gasteiger partial charge in [-0.15, -0.1) is 0 Å².